The molecule has 90 valence electrons. The summed E-state index contributed by atoms with van der Waals surface area (Å²) in [6, 6.07) is 5.93. The highest BCUT2D eigenvalue weighted by Crippen LogP contribution is 2.30. The van der Waals surface area contributed by atoms with Crippen molar-refractivity contribution in [2.24, 2.45) is 0 Å². The van der Waals surface area contributed by atoms with Gasteiger partial charge in [0.05, 0.1) is 13.7 Å². The standard InChI is InChI=1S/C13H20O3/c1-10(2)12-6-5-11(9-13(12)15-4)16-8-7-14-3/h5-6,9-10H,7-8H2,1-4H3. The highest BCUT2D eigenvalue weighted by molar-refractivity contribution is 5.42. The quantitative estimate of drug-likeness (QED) is 0.695. The Kier molecular flexibility index (Phi) is 5.12. The molecule has 3 heteroatoms. The second kappa shape index (κ2) is 6.38. The molecule has 3 nitrogen and oxygen atoms in total. The van der Waals surface area contributed by atoms with Crippen LogP contribution in [0.15, 0.2) is 18.2 Å². The summed E-state index contributed by atoms with van der Waals surface area (Å²) in [6.07, 6.45) is 0. The van der Waals surface area contributed by atoms with Gasteiger partial charge in [-0.1, -0.05) is 19.9 Å². The number of benzene rings is 1. The van der Waals surface area contributed by atoms with Crippen LogP contribution < -0.4 is 9.47 Å². The maximum absolute atomic E-state index is 5.52. The first-order valence-electron chi connectivity index (χ1n) is 5.48. The van der Waals surface area contributed by atoms with Gasteiger partial charge in [-0.2, -0.15) is 0 Å². The molecule has 1 aromatic carbocycles. The van der Waals surface area contributed by atoms with Crippen LogP contribution in [0, 0.1) is 0 Å². The minimum Gasteiger partial charge on any atom is -0.496 e. The Hall–Kier alpha value is -1.22. The predicted molar refractivity (Wildman–Crippen MR) is 64.5 cm³/mol. The first-order valence-corrected chi connectivity index (χ1v) is 5.48. The van der Waals surface area contributed by atoms with Crippen molar-refractivity contribution < 1.29 is 14.2 Å². The fourth-order valence-electron chi connectivity index (χ4n) is 1.50. The van der Waals surface area contributed by atoms with E-state index in [0.29, 0.717) is 19.1 Å². The van der Waals surface area contributed by atoms with Gasteiger partial charge in [0.25, 0.3) is 0 Å². The SMILES string of the molecule is COCCOc1ccc(C(C)C)c(OC)c1. The first-order chi connectivity index (χ1) is 7.69. The van der Waals surface area contributed by atoms with Gasteiger partial charge < -0.3 is 14.2 Å². The van der Waals surface area contributed by atoms with Crippen molar-refractivity contribution in [3.05, 3.63) is 23.8 Å². The van der Waals surface area contributed by atoms with Gasteiger partial charge in [0.1, 0.15) is 18.1 Å². The fraction of sp³-hybridized carbons (Fsp3) is 0.538. The Morgan fingerprint density at radius 3 is 2.44 bits per heavy atom. The molecule has 0 aliphatic carbocycles. The molecule has 0 aromatic heterocycles. The average molecular weight is 224 g/mol. The molecule has 1 rings (SSSR count). The van der Waals surface area contributed by atoms with E-state index >= 15 is 0 Å². The number of methoxy groups -OCH3 is 2. The normalized spacial score (nSPS) is 10.6. The van der Waals surface area contributed by atoms with Crippen molar-refractivity contribution >= 4 is 0 Å². The van der Waals surface area contributed by atoms with Crippen LogP contribution in [0.2, 0.25) is 0 Å². The van der Waals surface area contributed by atoms with Crippen molar-refractivity contribution in [2.45, 2.75) is 19.8 Å². The van der Waals surface area contributed by atoms with Gasteiger partial charge in [0, 0.05) is 13.2 Å². The summed E-state index contributed by atoms with van der Waals surface area (Å²) >= 11 is 0. The summed E-state index contributed by atoms with van der Waals surface area (Å²) in [4.78, 5) is 0. The van der Waals surface area contributed by atoms with E-state index < -0.39 is 0 Å². The third-order valence-corrected chi connectivity index (χ3v) is 2.38. The molecule has 0 saturated heterocycles. The molecule has 0 saturated carbocycles. The van der Waals surface area contributed by atoms with E-state index in [1.807, 2.05) is 18.2 Å². The number of rotatable bonds is 6. The summed E-state index contributed by atoms with van der Waals surface area (Å²) in [7, 11) is 3.34. The van der Waals surface area contributed by atoms with E-state index in [4.69, 9.17) is 14.2 Å². The zero-order chi connectivity index (χ0) is 12.0. The maximum atomic E-state index is 5.52. The zero-order valence-electron chi connectivity index (χ0n) is 10.4. The topological polar surface area (TPSA) is 27.7 Å². The molecule has 0 fully saturated rings. The van der Waals surface area contributed by atoms with Gasteiger partial charge in [-0.25, -0.2) is 0 Å². The van der Waals surface area contributed by atoms with Crippen LogP contribution in [0.1, 0.15) is 25.3 Å². The first kappa shape index (κ1) is 12.8. The molecule has 0 aliphatic heterocycles. The Morgan fingerprint density at radius 2 is 1.88 bits per heavy atom. The molecular weight excluding hydrogens is 204 g/mol. The van der Waals surface area contributed by atoms with E-state index in [2.05, 4.69) is 13.8 Å². The highest BCUT2D eigenvalue weighted by Gasteiger charge is 2.08. The summed E-state index contributed by atoms with van der Waals surface area (Å²) in [5.74, 6) is 2.14. The minimum atomic E-state index is 0.447. The molecule has 0 radical (unpaired) electrons. The summed E-state index contributed by atoms with van der Waals surface area (Å²) in [6.45, 7) is 5.43. The molecular formula is C13H20O3. The van der Waals surface area contributed by atoms with Gasteiger partial charge in [0.15, 0.2) is 0 Å². The monoisotopic (exact) mass is 224 g/mol. The number of ether oxygens (including phenoxy) is 3. The molecule has 0 bridgehead atoms. The molecule has 0 aliphatic rings. The molecule has 0 unspecified atom stereocenters. The Morgan fingerprint density at radius 1 is 1.12 bits per heavy atom. The van der Waals surface area contributed by atoms with Crippen LogP contribution in [0.25, 0.3) is 0 Å². The maximum Gasteiger partial charge on any atom is 0.126 e. The van der Waals surface area contributed by atoms with Crippen LogP contribution in [0.3, 0.4) is 0 Å². The van der Waals surface area contributed by atoms with E-state index in [1.54, 1.807) is 14.2 Å². The average Bonchev–Trinajstić information content (AvgIpc) is 2.29. The Bertz CT molecular complexity index is 321. The lowest BCUT2D eigenvalue weighted by molar-refractivity contribution is 0.146. The van der Waals surface area contributed by atoms with Crippen LogP contribution in [-0.2, 0) is 4.74 Å². The van der Waals surface area contributed by atoms with E-state index in [9.17, 15) is 0 Å². The molecule has 0 heterocycles. The zero-order valence-corrected chi connectivity index (χ0v) is 10.4. The van der Waals surface area contributed by atoms with Gasteiger partial charge in [-0.05, 0) is 17.5 Å². The third kappa shape index (κ3) is 3.42. The van der Waals surface area contributed by atoms with Crippen molar-refractivity contribution in [3.8, 4) is 11.5 Å². The van der Waals surface area contributed by atoms with Crippen LogP contribution in [0.5, 0.6) is 11.5 Å². The predicted octanol–water partition coefficient (Wildman–Crippen LogP) is 2.84. The van der Waals surface area contributed by atoms with Gasteiger partial charge in [0.2, 0.25) is 0 Å². The Balaban J connectivity index is 2.74. The summed E-state index contributed by atoms with van der Waals surface area (Å²) in [5, 5.41) is 0. The van der Waals surface area contributed by atoms with Crippen LogP contribution in [-0.4, -0.2) is 27.4 Å². The second-order valence-corrected chi connectivity index (χ2v) is 3.90. The highest BCUT2D eigenvalue weighted by atomic mass is 16.5. The van der Waals surface area contributed by atoms with Crippen molar-refractivity contribution in [2.75, 3.05) is 27.4 Å². The molecule has 1 aromatic rings. The van der Waals surface area contributed by atoms with E-state index in [0.717, 1.165) is 11.5 Å². The molecule has 0 N–H and O–H groups in total. The molecule has 16 heavy (non-hydrogen) atoms. The third-order valence-electron chi connectivity index (χ3n) is 2.38. The Labute approximate surface area is 97.3 Å². The van der Waals surface area contributed by atoms with Crippen molar-refractivity contribution in [3.63, 3.8) is 0 Å². The lowest BCUT2D eigenvalue weighted by Crippen LogP contribution is -2.04. The molecule has 0 spiro atoms. The van der Waals surface area contributed by atoms with Crippen molar-refractivity contribution in [1.82, 2.24) is 0 Å². The lowest BCUT2D eigenvalue weighted by atomic mass is 10.0. The fourth-order valence-corrected chi connectivity index (χ4v) is 1.50. The molecule has 0 amide bonds. The smallest absolute Gasteiger partial charge is 0.126 e. The largest absolute Gasteiger partial charge is 0.496 e. The number of hydrogen-bond donors (Lipinski definition) is 0. The van der Waals surface area contributed by atoms with Crippen LogP contribution >= 0.6 is 0 Å². The second-order valence-electron chi connectivity index (χ2n) is 3.90. The summed E-state index contributed by atoms with van der Waals surface area (Å²) in [5.41, 5.74) is 1.20. The minimum absolute atomic E-state index is 0.447. The van der Waals surface area contributed by atoms with Crippen LogP contribution in [0.4, 0.5) is 0 Å². The van der Waals surface area contributed by atoms with Gasteiger partial charge in [-0.15, -0.1) is 0 Å². The summed E-state index contributed by atoms with van der Waals surface area (Å²) < 4.78 is 15.8. The number of hydrogen-bond acceptors (Lipinski definition) is 3. The van der Waals surface area contributed by atoms with Gasteiger partial charge in [-0.3, -0.25) is 0 Å². The van der Waals surface area contributed by atoms with E-state index in [1.165, 1.54) is 5.56 Å². The van der Waals surface area contributed by atoms with Gasteiger partial charge >= 0.3 is 0 Å². The molecule has 0 atom stereocenters. The van der Waals surface area contributed by atoms with Crippen molar-refractivity contribution in [1.29, 1.82) is 0 Å². The van der Waals surface area contributed by atoms with E-state index in [-0.39, 0.29) is 0 Å². The lowest BCUT2D eigenvalue weighted by Gasteiger charge is -2.13.